The number of rotatable bonds is 12. The SMILES string of the molecule is COc1ccc(CCN(Cc2ccc(C)o2)C(=O)CN(CC(C)C)C(=O)Nc2ccccc2)cc1OC. The summed E-state index contributed by atoms with van der Waals surface area (Å²) in [4.78, 5) is 29.9. The minimum Gasteiger partial charge on any atom is -0.493 e. The molecule has 0 saturated carbocycles. The molecule has 2 aromatic carbocycles. The van der Waals surface area contributed by atoms with Gasteiger partial charge in [0.05, 0.1) is 20.8 Å². The van der Waals surface area contributed by atoms with E-state index in [9.17, 15) is 9.59 Å². The van der Waals surface area contributed by atoms with Crippen molar-refractivity contribution in [3.8, 4) is 11.5 Å². The van der Waals surface area contributed by atoms with Gasteiger partial charge in [-0.3, -0.25) is 4.79 Å². The molecule has 0 aliphatic heterocycles. The number of aryl methyl sites for hydroxylation is 1. The van der Waals surface area contributed by atoms with Gasteiger partial charge in [0.1, 0.15) is 18.1 Å². The minimum absolute atomic E-state index is 0.0392. The second kappa shape index (κ2) is 13.4. The Morgan fingerprint density at radius 1 is 0.946 bits per heavy atom. The first-order valence-corrected chi connectivity index (χ1v) is 12.4. The summed E-state index contributed by atoms with van der Waals surface area (Å²) < 4.78 is 16.5. The molecule has 0 aliphatic carbocycles. The molecule has 37 heavy (non-hydrogen) atoms. The molecule has 3 amide bonds. The molecule has 8 nitrogen and oxygen atoms in total. The van der Waals surface area contributed by atoms with Gasteiger partial charge in [-0.15, -0.1) is 0 Å². The van der Waals surface area contributed by atoms with Gasteiger partial charge in [0.15, 0.2) is 11.5 Å². The molecule has 3 rings (SSSR count). The zero-order valence-corrected chi connectivity index (χ0v) is 22.3. The molecule has 1 aromatic heterocycles. The normalized spacial score (nSPS) is 10.8. The number of amides is 3. The monoisotopic (exact) mass is 507 g/mol. The lowest BCUT2D eigenvalue weighted by Crippen LogP contribution is -2.46. The topological polar surface area (TPSA) is 84.2 Å². The zero-order chi connectivity index (χ0) is 26.8. The summed E-state index contributed by atoms with van der Waals surface area (Å²) in [5.74, 6) is 2.81. The van der Waals surface area contributed by atoms with Gasteiger partial charge in [0.2, 0.25) is 5.91 Å². The maximum atomic E-state index is 13.6. The Morgan fingerprint density at radius 3 is 2.30 bits per heavy atom. The van der Waals surface area contributed by atoms with Crippen LogP contribution >= 0.6 is 0 Å². The molecule has 1 heterocycles. The molecule has 0 fully saturated rings. The first-order valence-electron chi connectivity index (χ1n) is 12.4. The molecule has 0 spiro atoms. The molecule has 0 atom stereocenters. The third kappa shape index (κ3) is 8.31. The van der Waals surface area contributed by atoms with Crippen LogP contribution in [0.25, 0.3) is 0 Å². The van der Waals surface area contributed by atoms with Crippen LogP contribution in [0.4, 0.5) is 10.5 Å². The zero-order valence-electron chi connectivity index (χ0n) is 22.3. The van der Waals surface area contributed by atoms with E-state index < -0.39 is 0 Å². The van der Waals surface area contributed by atoms with Gasteiger partial charge < -0.3 is 29.0 Å². The molecule has 3 aromatic rings. The highest BCUT2D eigenvalue weighted by Crippen LogP contribution is 2.28. The highest BCUT2D eigenvalue weighted by Gasteiger charge is 2.23. The van der Waals surface area contributed by atoms with Gasteiger partial charge in [0.25, 0.3) is 0 Å². The van der Waals surface area contributed by atoms with E-state index in [1.807, 2.05) is 81.4 Å². The van der Waals surface area contributed by atoms with E-state index >= 15 is 0 Å². The Hall–Kier alpha value is -3.94. The summed E-state index contributed by atoms with van der Waals surface area (Å²) in [6, 6.07) is 18.4. The standard InChI is InChI=1S/C29H37N3O5/c1-21(2)18-32(29(34)30-24-9-7-6-8-10-24)20-28(33)31(19-25-13-11-22(3)37-25)16-15-23-12-14-26(35-4)27(17-23)36-5/h6-14,17,21H,15-16,18-20H2,1-5H3,(H,30,34). The summed E-state index contributed by atoms with van der Waals surface area (Å²) in [5.41, 5.74) is 1.69. The van der Waals surface area contributed by atoms with Crippen LogP contribution in [0.3, 0.4) is 0 Å². The van der Waals surface area contributed by atoms with E-state index in [0.717, 1.165) is 11.3 Å². The fourth-order valence-electron chi connectivity index (χ4n) is 4.00. The van der Waals surface area contributed by atoms with Crippen molar-refractivity contribution in [1.29, 1.82) is 0 Å². The third-order valence-corrected chi connectivity index (χ3v) is 5.84. The largest absolute Gasteiger partial charge is 0.493 e. The van der Waals surface area contributed by atoms with Crippen LogP contribution in [0.15, 0.2) is 65.1 Å². The molecule has 8 heteroatoms. The molecule has 0 aliphatic rings. The molecule has 1 N–H and O–H groups in total. The molecule has 0 bridgehead atoms. The summed E-state index contributed by atoms with van der Waals surface area (Å²) in [5, 5.41) is 2.90. The lowest BCUT2D eigenvalue weighted by atomic mass is 10.1. The number of carbonyl (C=O) groups is 2. The number of nitrogens with one attached hydrogen (secondary N) is 1. The predicted octanol–water partition coefficient (Wildman–Crippen LogP) is 5.37. The number of carbonyl (C=O) groups excluding carboxylic acids is 2. The summed E-state index contributed by atoms with van der Waals surface area (Å²) in [6.07, 6.45) is 0.603. The first-order chi connectivity index (χ1) is 17.8. The van der Waals surface area contributed by atoms with Crippen LogP contribution in [-0.4, -0.2) is 55.6 Å². The maximum absolute atomic E-state index is 13.6. The fraction of sp³-hybridized carbons (Fsp3) is 0.379. The Balaban J connectivity index is 1.76. The van der Waals surface area contributed by atoms with E-state index in [0.29, 0.717) is 49.0 Å². The van der Waals surface area contributed by atoms with Crippen molar-refractivity contribution in [2.24, 2.45) is 5.92 Å². The lowest BCUT2D eigenvalue weighted by Gasteiger charge is -2.28. The van der Waals surface area contributed by atoms with E-state index in [1.54, 1.807) is 24.0 Å². The molecule has 0 radical (unpaired) electrons. The second-order valence-electron chi connectivity index (χ2n) is 9.34. The number of para-hydroxylation sites is 1. The quantitative estimate of drug-likeness (QED) is 0.356. The van der Waals surface area contributed by atoms with Crippen molar-refractivity contribution < 1.29 is 23.5 Å². The number of hydrogen-bond acceptors (Lipinski definition) is 5. The average Bonchev–Trinajstić information content (AvgIpc) is 3.30. The van der Waals surface area contributed by atoms with Crippen LogP contribution in [0.2, 0.25) is 0 Å². The Labute approximate surface area is 219 Å². The van der Waals surface area contributed by atoms with Crippen molar-refractivity contribution in [3.05, 3.63) is 77.7 Å². The number of methoxy groups -OCH3 is 2. The van der Waals surface area contributed by atoms with Crippen molar-refractivity contribution in [2.45, 2.75) is 33.7 Å². The number of anilines is 1. The number of nitrogens with zero attached hydrogens (tertiary/aromatic N) is 2. The number of urea groups is 1. The minimum atomic E-state index is -0.304. The van der Waals surface area contributed by atoms with Crippen LogP contribution in [0.5, 0.6) is 11.5 Å². The number of ether oxygens (including phenoxy) is 2. The van der Waals surface area contributed by atoms with Crippen LogP contribution in [0.1, 0.15) is 30.9 Å². The second-order valence-corrected chi connectivity index (χ2v) is 9.34. The first kappa shape index (κ1) is 27.6. The Bertz CT molecular complexity index is 1160. The van der Waals surface area contributed by atoms with Crippen LogP contribution in [0, 0.1) is 12.8 Å². The highest BCUT2D eigenvalue weighted by molar-refractivity contribution is 5.92. The number of benzene rings is 2. The fourth-order valence-corrected chi connectivity index (χ4v) is 4.00. The van der Waals surface area contributed by atoms with Gasteiger partial charge in [-0.25, -0.2) is 4.79 Å². The summed E-state index contributed by atoms with van der Waals surface area (Å²) >= 11 is 0. The Morgan fingerprint density at radius 2 is 1.68 bits per heavy atom. The summed E-state index contributed by atoms with van der Waals surface area (Å²) in [7, 11) is 3.20. The van der Waals surface area contributed by atoms with Gasteiger partial charge in [0, 0.05) is 18.8 Å². The molecule has 0 saturated heterocycles. The highest BCUT2D eigenvalue weighted by atomic mass is 16.5. The van der Waals surface area contributed by atoms with E-state index in [1.165, 1.54) is 0 Å². The van der Waals surface area contributed by atoms with Gasteiger partial charge in [-0.05, 0) is 61.2 Å². The van der Waals surface area contributed by atoms with Crippen molar-refractivity contribution in [2.75, 3.05) is 39.2 Å². The predicted molar refractivity (Wildman–Crippen MR) is 144 cm³/mol. The van der Waals surface area contributed by atoms with E-state index in [2.05, 4.69) is 5.32 Å². The lowest BCUT2D eigenvalue weighted by molar-refractivity contribution is -0.132. The number of furan rings is 1. The Kier molecular flexibility index (Phi) is 10.0. The number of hydrogen-bond donors (Lipinski definition) is 1. The van der Waals surface area contributed by atoms with Crippen LogP contribution < -0.4 is 14.8 Å². The van der Waals surface area contributed by atoms with Crippen LogP contribution in [-0.2, 0) is 17.8 Å². The van der Waals surface area contributed by atoms with E-state index in [-0.39, 0.29) is 24.4 Å². The van der Waals surface area contributed by atoms with Crippen molar-refractivity contribution >= 4 is 17.6 Å². The molecular weight excluding hydrogens is 470 g/mol. The average molecular weight is 508 g/mol. The molecule has 0 unspecified atom stereocenters. The van der Waals surface area contributed by atoms with Crippen molar-refractivity contribution in [1.82, 2.24) is 9.80 Å². The van der Waals surface area contributed by atoms with E-state index in [4.69, 9.17) is 13.9 Å². The van der Waals surface area contributed by atoms with Gasteiger partial charge >= 0.3 is 6.03 Å². The summed E-state index contributed by atoms with van der Waals surface area (Å²) in [6.45, 7) is 7.09. The molecule has 198 valence electrons. The van der Waals surface area contributed by atoms with Gasteiger partial charge in [-0.2, -0.15) is 0 Å². The molecular formula is C29H37N3O5. The third-order valence-electron chi connectivity index (χ3n) is 5.84. The van der Waals surface area contributed by atoms with Gasteiger partial charge in [-0.1, -0.05) is 38.1 Å². The van der Waals surface area contributed by atoms with Crippen molar-refractivity contribution in [3.63, 3.8) is 0 Å². The smallest absolute Gasteiger partial charge is 0.322 e. The maximum Gasteiger partial charge on any atom is 0.322 e.